The monoisotopic (exact) mass is 344 g/mol. The summed E-state index contributed by atoms with van der Waals surface area (Å²) in [4.78, 5) is 24.8. The zero-order valence-electron chi connectivity index (χ0n) is 14.2. The van der Waals surface area contributed by atoms with E-state index in [2.05, 4.69) is 14.9 Å². The first-order valence-corrected chi connectivity index (χ1v) is 8.42. The van der Waals surface area contributed by atoms with Crippen molar-refractivity contribution in [3.8, 4) is 5.88 Å². The Balaban J connectivity index is 1.68. The van der Waals surface area contributed by atoms with Gasteiger partial charge in [0, 0.05) is 37.8 Å². The molecule has 0 radical (unpaired) electrons. The number of carbonyl (C=O) groups excluding carboxylic acids is 1. The molecule has 2 heterocycles. The van der Waals surface area contributed by atoms with Crippen LogP contribution < -0.4 is 9.64 Å². The smallest absolute Gasteiger partial charge is 0.254 e. The number of anilines is 1. The molecular weight excluding hydrogens is 323 g/mol. The van der Waals surface area contributed by atoms with Crippen LogP contribution in [0.5, 0.6) is 5.88 Å². The molecule has 132 valence electrons. The summed E-state index contributed by atoms with van der Waals surface area (Å²) in [6, 6.07) is 7.64. The Labute approximate surface area is 146 Å². The minimum Gasteiger partial charge on any atom is -0.478 e. The van der Waals surface area contributed by atoms with E-state index < -0.39 is 5.82 Å². The molecule has 0 bridgehead atoms. The van der Waals surface area contributed by atoms with E-state index in [4.69, 9.17) is 4.74 Å². The second kappa shape index (κ2) is 7.92. The van der Waals surface area contributed by atoms with Gasteiger partial charge < -0.3 is 14.5 Å². The second-order valence-electron chi connectivity index (χ2n) is 5.79. The molecule has 1 aromatic carbocycles. The maximum atomic E-state index is 13.4. The van der Waals surface area contributed by atoms with E-state index in [1.165, 1.54) is 18.5 Å². The summed E-state index contributed by atoms with van der Waals surface area (Å²) in [5, 5.41) is 0. The van der Waals surface area contributed by atoms with E-state index in [9.17, 15) is 9.18 Å². The van der Waals surface area contributed by atoms with Gasteiger partial charge in [-0.05, 0) is 31.5 Å². The number of hydrogen-bond donors (Lipinski definition) is 0. The normalized spacial score (nSPS) is 15.0. The van der Waals surface area contributed by atoms with E-state index in [1.54, 1.807) is 17.0 Å². The fraction of sp³-hybridized carbons (Fsp3) is 0.389. The van der Waals surface area contributed by atoms with E-state index in [0.717, 1.165) is 18.8 Å². The molecule has 1 aliphatic heterocycles. The molecule has 0 aliphatic carbocycles. The maximum Gasteiger partial charge on any atom is 0.254 e. The summed E-state index contributed by atoms with van der Waals surface area (Å²) in [6.45, 7) is 5.09. The third-order valence-corrected chi connectivity index (χ3v) is 4.10. The standard InChI is InChI=1S/C18H21FN4O2/c1-2-25-17-12-16(20-13-21-17)22-7-4-8-23(10-9-22)18(24)14-5-3-6-15(19)11-14/h3,5-6,11-13H,2,4,7-10H2,1H3. The van der Waals surface area contributed by atoms with Crippen molar-refractivity contribution in [1.29, 1.82) is 0 Å². The van der Waals surface area contributed by atoms with Gasteiger partial charge in [-0.25, -0.2) is 14.4 Å². The van der Waals surface area contributed by atoms with Gasteiger partial charge >= 0.3 is 0 Å². The summed E-state index contributed by atoms with van der Waals surface area (Å²) in [5.74, 6) is 0.800. The number of carbonyl (C=O) groups is 1. The zero-order valence-corrected chi connectivity index (χ0v) is 14.2. The van der Waals surface area contributed by atoms with Crippen molar-refractivity contribution in [2.24, 2.45) is 0 Å². The predicted molar refractivity (Wildman–Crippen MR) is 92.3 cm³/mol. The highest BCUT2D eigenvalue weighted by atomic mass is 19.1. The summed E-state index contributed by atoms with van der Waals surface area (Å²) in [6.07, 6.45) is 2.30. The number of hydrogen-bond acceptors (Lipinski definition) is 5. The van der Waals surface area contributed by atoms with Crippen LogP contribution in [0.3, 0.4) is 0 Å². The number of rotatable bonds is 4. The molecular formula is C18H21FN4O2. The molecule has 7 heteroatoms. The highest BCUT2D eigenvalue weighted by Crippen LogP contribution is 2.18. The molecule has 1 amide bonds. The zero-order chi connectivity index (χ0) is 17.6. The predicted octanol–water partition coefficient (Wildman–Crippen LogP) is 2.37. The SMILES string of the molecule is CCOc1cc(N2CCCN(C(=O)c3cccc(F)c3)CC2)ncn1. The average molecular weight is 344 g/mol. The molecule has 3 rings (SSSR count). The third kappa shape index (κ3) is 4.23. The van der Waals surface area contributed by atoms with Gasteiger partial charge in [-0.1, -0.05) is 6.07 Å². The van der Waals surface area contributed by atoms with Crippen LogP contribution >= 0.6 is 0 Å². The Hall–Kier alpha value is -2.70. The van der Waals surface area contributed by atoms with E-state index in [-0.39, 0.29) is 5.91 Å². The molecule has 0 saturated carbocycles. The van der Waals surface area contributed by atoms with Gasteiger partial charge in [-0.2, -0.15) is 0 Å². The van der Waals surface area contributed by atoms with Crippen LogP contribution in [-0.4, -0.2) is 53.6 Å². The van der Waals surface area contributed by atoms with Gasteiger partial charge in [0.15, 0.2) is 0 Å². The molecule has 2 aromatic rings. The van der Waals surface area contributed by atoms with Crippen molar-refractivity contribution >= 4 is 11.7 Å². The molecule has 1 saturated heterocycles. The average Bonchev–Trinajstić information content (AvgIpc) is 2.88. The highest BCUT2D eigenvalue weighted by Gasteiger charge is 2.21. The quantitative estimate of drug-likeness (QED) is 0.852. The summed E-state index contributed by atoms with van der Waals surface area (Å²) in [5.41, 5.74) is 0.383. The fourth-order valence-corrected chi connectivity index (χ4v) is 2.88. The lowest BCUT2D eigenvalue weighted by atomic mass is 10.2. The summed E-state index contributed by atoms with van der Waals surface area (Å²) >= 11 is 0. The number of ether oxygens (including phenoxy) is 1. The van der Waals surface area contributed by atoms with Crippen molar-refractivity contribution in [3.63, 3.8) is 0 Å². The minimum atomic E-state index is -0.397. The van der Waals surface area contributed by atoms with E-state index in [0.29, 0.717) is 37.7 Å². The first-order valence-electron chi connectivity index (χ1n) is 8.42. The largest absolute Gasteiger partial charge is 0.478 e. The molecule has 25 heavy (non-hydrogen) atoms. The van der Waals surface area contributed by atoms with Gasteiger partial charge in [-0.15, -0.1) is 0 Å². The Kier molecular flexibility index (Phi) is 5.42. The van der Waals surface area contributed by atoms with Crippen LogP contribution in [0.25, 0.3) is 0 Å². The molecule has 0 N–H and O–H groups in total. The Bertz CT molecular complexity index is 741. The van der Waals surface area contributed by atoms with Gasteiger partial charge in [-0.3, -0.25) is 4.79 Å². The third-order valence-electron chi connectivity index (χ3n) is 4.10. The van der Waals surface area contributed by atoms with E-state index in [1.807, 2.05) is 13.0 Å². The number of nitrogens with zero attached hydrogens (tertiary/aromatic N) is 4. The lowest BCUT2D eigenvalue weighted by Crippen LogP contribution is -2.35. The molecule has 1 fully saturated rings. The topological polar surface area (TPSA) is 58.6 Å². The molecule has 1 aromatic heterocycles. The molecule has 0 spiro atoms. The van der Waals surface area contributed by atoms with E-state index >= 15 is 0 Å². The van der Waals surface area contributed by atoms with Crippen LogP contribution in [0, 0.1) is 5.82 Å². The van der Waals surface area contributed by atoms with Crippen molar-refractivity contribution < 1.29 is 13.9 Å². The van der Waals surface area contributed by atoms with Crippen LogP contribution in [0.4, 0.5) is 10.2 Å². The van der Waals surface area contributed by atoms with Gasteiger partial charge in [0.2, 0.25) is 5.88 Å². The Morgan fingerprint density at radius 3 is 2.88 bits per heavy atom. The van der Waals surface area contributed by atoms with Crippen LogP contribution in [0.2, 0.25) is 0 Å². The number of benzene rings is 1. The second-order valence-corrected chi connectivity index (χ2v) is 5.79. The lowest BCUT2D eigenvalue weighted by Gasteiger charge is -2.23. The van der Waals surface area contributed by atoms with Crippen molar-refractivity contribution in [1.82, 2.24) is 14.9 Å². The Morgan fingerprint density at radius 1 is 1.20 bits per heavy atom. The van der Waals surface area contributed by atoms with Crippen molar-refractivity contribution in [2.75, 3.05) is 37.7 Å². The van der Waals surface area contributed by atoms with Gasteiger partial charge in [0.05, 0.1) is 6.61 Å². The number of amides is 1. The van der Waals surface area contributed by atoms with Crippen LogP contribution in [0.1, 0.15) is 23.7 Å². The fourth-order valence-electron chi connectivity index (χ4n) is 2.88. The highest BCUT2D eigenvalue weighted by molar-refractivity contribution is 5.94. The summed E-state index contributed by atoms with van der Waals surface area (Å²) in [7, 11) is 0. The number of halogens is 1. The lowest BCUT2D eigenvalue weighted by molar-refractivity contribution is 0.0766. The molecule has 1 aliphatic rings. The first kappa shape index (κ1) is 17.1. The summed E-state index contributed by atoms with van der Waals surface area (Å²) < 4.78 is 18.8. The van der Waals surface area contributed by atoms with Crippen LogP contribution in [0.15, 0.2) is 36.7 Å². The molecule has 0 atom stereocenters. The number of aromatic nitrogens is 2. The van der Waals surface area contributed by atoms with Gasteiger partial charge in [0.1, 0.15) is 18.0 Å². The van der Waals surface area contributed by atoms with Crippen LogP contribution in [-0.2, 0) is 0 Å². The van der Waals surface area contributed by atoms with Gasteiger partial charge in [0.25, 0.3) is 5.91 Å². The Morgan fingerprint density at radius 2 is 2.08 bits per heavy atom. The first-order chi connectivity index (χ1) is 12.2. The maximum absolute atomic E-state index is 13.4. The molecule has 0 unspecified atom stereocenters. The van der Waals surface area contributed by atoms with Crippen molar-refractivity contribution in [2.45, 2.75) is 13.3 Å². The minimum absolute atomic E-state index is 0.140. The van der Waals surface area contributed by atoms with Crippen molar-refractivity contribution in [3.05, 3.63) is 48.0 Å². The molecule has 6 nitrogen and oxygen atoms in total.